The molecule has 0 saturated carbocycles. The molecule has 1 unspecified atom stereocenters. The normalized spacial score (nSPS) is 11.9. The second-order valence-corrected chi connectivity index (χ2v) is 9.33. The third-order valence-corrected chi connectivity index (χ3v) is 6.55. The summed E-state index contributed by atoms with van der Waals surface area (Å²) >= 11 is 1.27. The van der Waals surface area contributed by atoms with Crippen molar-refractivity contribution >= 4 is 29.4 Å². The number of urea groups is 1. The molecule has 0 saturated heterocycles. The molecule has 180 valence electrons. The van der Waals surface area contributed by atoms with Gasteiger partial charge in [0.15, 0.2) is 11.0 Å². The number of aryl methyl sites for hydroxylation is 2. The van der Waals surface area contributed by atoms with Gasteiger partial charge in [0.25, 0.3) is 0 Å². The second-order valence-electron chi connectivity index (χ2n) is 8.39. The molecule has 8 nitrogen and oxygen atoms in total. The molecule has 2 N–H and O–H groups in total. The highest BCUT2D eigenvalue weighted by Gasteiger charge is 2.23. The maximum Gasteiger partial charge on any atom is 0.325 e. The van der Waals surface area contributed by atoms with Crippen LogP contribution in [0.25, 0.3) is 0 Å². The van der Waals surface area contributed by atoms with Crippen molar-refractivity contribution in [1.82, 2.24) is 25.0 Å². The number of thioether (sulfide) groups is 1. The third-order valence-electron chi connectivity index (χ3n) is 5.59. The molecular weight excluding hydrogens is 448 g/mol. The van der Waals surface area contributed by atoms with Crippen molar-refractivity contribution < 1.29 is 9.59 Å². The van der Waals surface area contributed by atoms with Crippen molar-refractivity contribution in [3.05, 3.63) is 71.0 Å². The van der Waals surface area contributed by atoms with Gasteiger partial charge in [-0.1, -0.05) is 55.1 Å². The largest absolute Gasteiger partial charge is 0.325 e. The Morgan fingerprint density at radius 2 is 1.79 bits per heavy atom. The van der Waals surface area contributed by atoms with Crippen molar-refractivity contribution in [2.75, 3.05) is 25.2 Å². The Morgan fingerprint density at radius 1 is 1.06 bits per heavy atom. The van der Waals surface area contributed by atoms with E-state index in [9.17, 15) is 9.59 Å². The van der Waals surface area contributed by atoms with Gasteiger partial charge >= 0.3 is 6.03 Å². The number of carbonyl (C=O) groups is 2. The number of hydrogen-bond acceptors (Lipinski definition) is 6. The Hall–Kier alpha value is -3.17. The lowest BCUT2D eigenvalue weighted by molar-refractivity contribution is -0.117. The molecule has 0 aliphatic heterocycles. The molecule has 0 spiro atoms. The number of carbonyl (C=O) groups excluding carboxylic acids is 2. The lowest BCUT2D eigenvalue weighted by atomic mass is 10.1. The van der Waals surface area contributed by atoms with Crippen LogP contribution in [0, 0.1) is 13.8 Å². The van der Waals surface area contributed by atoms with Gasteiger partial charge in [-0.3, -0.25) is 15.0 Å². The molecule has 1 atom stereocenters. The molecule has 0 aliphatic carbocycles. The SMILES string of the molecule is CCC(c1nnc(SCC(=O)NC(=O)Nc2ccc(C)c(C)c2)n1Cc1ccccc1)N(C)C. The van der Waals surface area contributed by atoms with Gasteiger partial charge < -0.3 is 9.88 Å². The molecule has 2 aromatic carbocycles. The summed E-state index contributed by atoms with van der Waals surface area (Å²) < 4.78 is 2.05. The van der Waals surface area contributed by atoms with Gasteiger partial charge in [0.05, 0.1) is 18.3 Å². The summed E-state index contributed by atoms with van der Waals surface area (Å²) in [4.78, 5) is 26.8. The number of nitrogens with zero attached hydrogens (tertiary/aromatic N) is 4. The first-order valence-electron chi connectivity index (χ1n) is 11.2. The first kappa shape index (κ1) is 25.5. The van der Waals surface area contributed by atoms with E-state index in [1.165, 1.54) is 11.8 Å². The minimum atomic E-state index is -0.557. The summed E-state index contributed by atoms with van der Waals surface area (Å²) in [6.07, 6.45) is 0.879. The van der Waals surface area contributed by atoms with Gasteiger partial charge in [-0.2, -0.15) is 0 Å². The summed E-state index contributed by atoms with van der Waals surface area (Å²) in [6, 6.07) is 15.2. The standard InChI is InChI=1S/C25H32N6O2S/c1-6-21(30(4)5)23-28-29-25(31(23)15-19-10-8-7-9-11-19)34-16-22(32)27-24(33)26-20-13-12-17(2)18(3)14-20/h7-14,21H,6,15-16H2,1-5H3,(H2,26,27,32,33). The zero-order chi connectivity index (χ0) is 24.7. The average molecular weight is 481 g/mol. The Kier molecular flexibility index (Phi) is 8.84. The summed E-state index contributed by atoms with van der Waals surface area (Å²) in [5, 5.41) is 14.6. The highest BCUT2D eigenvalue weighted by Crippen LogP contribution is 2.26. The van der Waals surface area contributed by atoms with E-state index in [0.717, 1.165) is 28.9 Å². The minimum absolute atomic E-state index is 0.0476. The molecule has 3 aromatic rings. The van der Waals surface area contributed by atoms with Crippen LogP contribution in [0.15, 0.2) is 53.7 Å². The lowest BCUT2D eigenvalue weighted by Gasteiger charge is -2.23. The van der Waals surface area contributed by atoms with Gasteiger partial charge in [0.2, 0.25) is 5.91 Å². The Labute approximate surface area is 205 Å². The van der Waals surface area contributed by atoms with Crippen molar-refractivity contribution in [3.63, 3.8) is 0 Å². The Morgan fingerprint density at radius 3 is 2.44 bits per heavy atom. The number of benzene rings is 2. The molecule has 1 aromatic heterocycles. The fraction of sp³-hybridized carbons (Fsp3) is 0.360. The Bertz CT molecular complexity index is 1130. The second kappa shape index (κ2) is 11.8. The molecule has 1 heterocycles. The van der Waals surface area contributed by atoms with E-state index < -0.39 is 11.9 Å². The number of hydrogen-bond donors (Lipinski definition) is 2. The van der Waals surface area contributed by atoms with Crippen LogP contribution in [0.4, 0.5) is 10.5 Å². The van der Waals surface area contributed by atoms with Gasteiger partial charge in [0.1, 0.15) is 0 Å². The number of imide groups is 1. The molecule has 34 heavy (non-hydrogen) atoms. The van der Waals surface area contributed by atoms with Crippen LogP contribution in [0.1, 0.15) is 41.9 Å². The number of amides is 3. The average Bonchev–Trinajstić information content (AvgIpc) is 3.18. The predicted molar refractivity (Wildman–Crippen MR) is 136 cm³/mol. The van der Waals surface area contributed by atoms with Crippen LogP contribution in [0.5, 0.6) is 0 Å². The van der Waals surface area contributed by atoms with Crippen molar-refractivity contribution in [2.24, 2.45) is 0 Å². The van der Waals surface area contributed by atoms with Crippen molar-refractivity contribution in [1.29, 1.82) is 0 Å². The lowest BCUT2D eigenvalue weighted by Crippen LogP contribution is -2.35. The maximum absolute atomic E-state index is 12.5. The third kappa shape index (κ3) is 6.68. The van der Waals surface area contributed by atoms with E-state index in [0.29, 0.717) is 17.4 Å². The van der Waals surface area contributed by atoms with Crippen LogP contribution in [0.3, 0.4) is 0 Å². The summed E-state index contributed by atoms with van der Waals surface area (Å²) in [6.45, 7) is 6.69. The van der Waals surface area contributed by atoms with Gasteiger partial charge in [-0.15, -0.1) is 10.2 Å². The van der Waals surface area contributed by atoms with Crippen LogP contribution in [-0.4, -0.2) is 51.5 Å². The smallest absolute Gasteiger partial charge is 0.308 e. The first-order chi connectivity index (χ1) is 16.3. The number of aromatic nitrogens is 3. The topological polar surface area (TPSA) is 92.1 Å². The van der Waals surface area contributed by atoms with E-state index in [4.69, 9.17) is 0 Å². The van der Waals surface area contributed by atoms with E-state index in [2.05, 4.69) is 49.4 Å². The van der Waals surface area contributed by atoms with E-state index in [1.807, 2.05) is 64.3 Å². The summed E-state index contributed by atoms with van der Waals surface area (Å²) in [7, 11) is 4.04. The monoisotopic (exact) mass is 480 g/mol. The molecule has 0 radical (unpaired) electrons. The summed E-state index contributed by atoms with van der Waals surface area (Å²) in [5.74, 6) is 0.500. The van der Waals surface area contributed by atoms with Crippen LogP contribution in [0.2, 0.25) is 0 Å². The van der Waals surface area contributed by atoms with Crippen LogP contribution < -0.4 is 10.6 Å². The number of rotatable bonds is 9. The quantitative estimate of drug-likeness (QED) is 0.441. The Balaban J connectivity index is 1.67. The zero-order valence-corrected chi connectivity index (χ0v) is 21.1. The fourth-order valence-corrected chi connectivity index (χ4v) is 4.37. The molecule has 3 rings (SSSR count). The molecule has 0 aliphatic rings. The van der Waals surface area contributed by atoms with E-state index >= 15 is 0 Å². The van der Waals surface area contributed by atoms with Crippen molar-refractivity contribution in [3.8, 4) is 0 Å². The first-order valence-corrected chi connectivity index (χ1v) is 12.2. The highest BCUT2D eigenvalue weighted by atomic mass is 32.2. The molecular formula is C25H32N6O2S. The van der Waals surface area contributed by atoms with Gasteiger partial charge in [0, 0.05) is 5.69 Å². The van der Waals surface area contributed by atoms with Crippen LogP contribution >= 0.6 is 11.8 Å². The molecule has 0 fully saturated rings. The van der Waals surface area contributed by atoms with Crippen LogP contribution in [-0.2, 0) is 11.3 Å². The molecule has 9 heteroatoms. The highest BCUT2D eigenvalue weighted by molar-refractivity contribution is 7.99. The van der Waals surface area contributed by atoms with Gasteiger partial charge in [-0.25, -0.2) is 4.79 Å². The molecule has 3 amide bonds. The minimum Gasteiger partial charge on any atom is -0.308 e. The summed E-state index contributed by atoms with van der Waals surface area (Å²) in [5.41, 5.74) is 3.96. The van der Waals surface area contributed by atoms with Crippen molar-refractivity contribution in [2.45, 2.75) is 44.9 Å². The number of nitrogens with one attached hydrogen (secondary N) is 2. The van der Waals surface area contributed by atoms with E-state index in [1.54, 1.807) is 0 Å². The maximum atomic E-state index is 12.5. The zero-order valence-electron chi connectivity index (χ0n) is 20.3. The van der Waals surface area contributed by atoms with Gasteiger partial charge in [-0.05, 0) is 63.2 Å². The van der Waals surface area contributed by atoms with E-state index in [-0.39, 0.29) is 11.8 Å². The molecule has 0 bridgehead atoms. The predicted octanol–water partition coefficient (Wildman–Crippen LogP) is 4.40. The number of anilines is 1. The fourth-order valence-electron chi connectivity index (χ4n) is 3.62.